The summed E-state index contributed by atoms with van der Waals surface area (Å²) >= 11 is 1.55. The number of thiazole rings is 1. The number of likely N-dealkylation sites (tertiary alicyclic amines) is 1. The Morgan fingerprint density at radius 2 is 2.16 bits per heavy atom. The third kappa shape index (κ3) is 3.61. The van der Waals surface area contributed by atoms with Crippen LogP contribution in [0.2, 0.25) is 0 Å². The summed E-state index contributed by atoms with van der Waals surface area (Å²) in [5.41, 5.74) is 4.38. The van der Waals surface area contributed by atoms with Crippen LogP contribution in [-0.2, 0) is 18.4 Å². The number of aryl methyl sites for hydroxylation is 1. The molecule has 1 aliphatic heterocycles. The number of aromatic nitrogens is 2. The first-order chi connectivity index (χ1) is 12.0. The molecule has 0 aromatic carbocycles. The summed E-state index contributed by atoms with van der Waals surface area (Å²) in [6.07, 6.45) is 3.09. The fourth-order valence-corrected chi connectivity index (χ4v) is 4.17. The van der Waals surface area contributed by atoms with Crippen LogP contribution in [0.5, 0.6) is 0 Å². The molecule has 0 radical (unpaired) electrons. The van der Waals surface area contributed by atoms with E-state index in [0.717, 1.165) is 42.1 Å². The van der Waals surface area contributed by atoms with Crippen LogP contribution >= 0.6 is 11.3 Å². The molecule has 3 heterocycles. The molecular weight excluding hydrogens is 336 g/mol. The maximum atomic E-state index is 12.6. The first-order valence-corrected chi connectivity index (χ1v) is 9.47. The van der Waals surface area contributed by atoms with Gasteiger partial charge < -0.3 is 14.8 Å². The molecule has 2 aromatic rings. The van der Waals surface area contributed by atoms with E-state index in [2.05, 4.69) is 10.3 Å². The number of nitrogens with zero attached hydrogens (tertiary/aromatic N) is 3. The summed E-state index contributed by atoms with van der Waals surface area (Å²) in [4.78, 5) is 31.7. The number of piperidine rings is 1. The van der Waals surface area contributed by atoms with Gasteiger partial charge in [0.2, 0.25) is 5.91 Å². The Kier molecular flexibility index (Phi) is 5.22. The number of amides is 2. The quantitative estimate of drug-likeness (QED) is 0.912. The van der Waals surface area contributed by atoms with Gasteiger partial charge in [-0.1, -0.05) is 0 Å². The van der Waals surface area contributed by atoms with Crippen LogP contribution in [0.1, 0.15) is 59.0 Å². The van der Waals surface area contributed by atoms with Crippen molar-refractivity contribution >= 4 is 23.2 Å². The van der Waals surface area contributed by atoms with Gasteiger partial charge in [0, 0.05) is 31.1 Å². The van der Waals surface area contributed by atoms with Gasteiger partial charge in [-0.25, -0.2) is 4.98 Å². The highest BCUT2D eigenvalue weighted by Gasteiger charge is 2.28. The first-order valence-electron chi connectivity index (χ1n) is 8.59. The number of hydrogen-bond donors (Lipinski definition) is 1. The van der Waals surface area contributed by atoms with Gasteiger partial charge in [-0.15, -0.1) is 11.3 Å². The number of nitrogens with one attached hydrogen (secondary N) is 1. The van der Waals surface area contributed by atoms with E-state index in [1.165, 1.54) is 0 Å². The summed E-state index contributed by atoms with van der Waals surface area (Å²) in [7, 11) is 1.90. The first kappa shape index (κ1) is 17.7. The molecular formula is C18H24N4O2S. The van der Waals surface area contributed by atoms with Crippen molar-refractivity contribution in [2.75, 3.05) is 6.54 Å². The highest BCUT2D eigenvalue weighted by atomic mass is 32.1. The van der Waals surface area contributed by atoms with Crippen molar-refractivity contribution in [1.82, 2.24) is 19.8 Å². The molecule has 3 rings (SSSR count). The van der Waals surface area contributed by atoms with Crippen molar-refractivity contribution < 1.29 is 9.59 Å². The summed E-state index contributed by atoms with van der Waals surface area (Å²) in [6.45, 7) is 4.83. The van der Waals surface area contributed by atoms with E-state index < -0.39 is 0 Å². The fraction of sp³-hybridized carbons (Fsp3) is 0.500. The van der Waals surface area contributed by atoms with Crippen molar-refractivity contribution in [2.45, 2.75) is 45.7 Å². The third-order valence-corrected chi connectivity index (χ3v) is 5.83. The number of carbonyl (C=O) groups excluding carboxylic acids is 2. The van der Waals surface area contributed by atoms with Gasteiger partial charge >= 0.3 is 0 Å². The molecule has 1 N–H and O–H groups in total. The molecule has 7 heteroatoms. The van der Waals surface area contributed by atoms with Crippen LogP contribution in [0, 0.1) is 6.92 Å². The van der Waals surface area contributed by atoms with Gasteiger partial charge in [0.25, 0.3) is 5.91 Å². The van der Waals surface area contributed by atoms with Gasteiger partial charge in [-0.05, 0) is 38.3 Å². The van der Waals surface area contributed by atoms with Gasteiger partial charge in [0.15, 0.2) is 0 Å². The van der Waals surface area contributed by atoms with Crippen LogP contribution in [0.25, 0.3) is 0 Å². The van der Waals surface area contributed by atoms with E-state index in [-0.39, 0.29) is 17.9 Å². The second-order valence-electron chi connectivity index (χ2n) is 6.47. The topological polar surface area (TPSA) is 67.2 Å². The number of rotatable bonds is 4. The van der Waals surface area contributed by atoms with E-state index in [4.69, 9.17) is 0 Å². The van der Waals surface area contributed by atoms with Crippen LogP contribution in [0.4, 0.5) is 0 Å². The van der Waals surface area contributed by atoms with Crippen molar-refractivity contribution in [3.63, 3.8) is 0 Å². The smallest absolute Gasteiger partial charge is 0.268 e. The molecule has 134 valence electrons. The molecule has 25 heavy (non-hydrogen) atoms. The highest BCUT2D eigenvalue weighted by molar-refractivity contribution is 7.09. The lowest BCUT2D eigenvalue weighted by Crippen LogP contribution is -2.38. The minimum Gasteiger partial charge on any atom is -0.346 e. The molecule has 0 bridgehead atoms. The molecule has 0 saturated carbocycles. The molecule has 0 unspecified atom stereocenters. The van der Waals surface area contributed by atoms with Gasteiger partial charge in [-0.2, -0.15) is 0 Å². The van der Waals surface area contributed by atoms with E-state index in [0.29, 0.717) is 12.2 Å². The lowest BCUT2D eigenvalue weighted by Gasteiger charge is -2.35. The largest absolute Gasteiger partial charge is 0.346 e. The Morgan fingerprint density at radius 1 is 1.36 bits per heavy atom. The van der Waals surface area contributed by atoms with E-state index in [1.54, 1.807) is 23.8 Å². The Bertz CT molecular complexity index is 780. The predicted octanol–water partition coefficient (Wildman–Crippen LogP) is 2.79. The average molecular weight is 360 g/mol. The summed E-state index contributed by atoms with van der Waals surface area (Å²) < 4.78 is 1.92. The zero-order chi connectivity index (χ0) is 18.0. The van der Waals surface area contributed by atoms with Gasteiger partial charge in [-0.3, -0.25) is 9.59 Å². The summed E-state index contributed by atoms with van der Waals surface area (Å²) in [5, 5.41) is 2.96. The SMILES string of the molecule is CC(=O)N1CCCC[C@@H]1c1ccc(C(=O)NCc2scnc2C)n1C. The predicted molar refractivity (Wildman–Crippen MR) is 97.4 cm³/mol. The molecule has 1 atom stereocenters. The van der Waals surface area contributed by atoms with Crippen LogP contribution in [0.3, 0.4) is 0 Å². The Hall–Kier alpha value is -2.15. The van der Waals surface area contributed by atoms with Gasteiger partial charge in [0.1, 0.15) is 5.69 Å². The van der Waals surface area contributed by atoms with Crippen LogP contribution in [0.15, 0.2) is 17.6 Å². The molecule has 1 aliphatic rings. The average Bonchev–Trinajstić information content (AvgIpc) is 3.18. The zero-order valence-corrected chi connectivity index (χ0v) is 15.7. The lowest BCUT2D eigenvalue weighted by atomic mass is 9.99. The Labute approximate surface area is 151 Å². The summed E-state index contributed by atoms with van der Waals surface area (Å²) in [6, 6.07) is 3.87. The summed E-state index contributed by atoms with van der Waals surface area (Å²) in [5.74, 6) is -0.00990. The standard InChI is InChI=1S/C18H24N4O2S/c1-12-17(25-11-20-12)10-19-18(24)16-8-7-14(21(16)3)15-6-4-5-9-22(15)13(2)23/h7-8,11,15H,4-6,9-10H2,1-3H3,(H,19,24)/t15-/m1/s1. The van der Waals surface area contributed by atoms with Crippen molar-refractivity contribution in [1.29, 1.82) is 0 Å². The van der Waals surface area contributed by atoms with E-state index in [1.807, 2.05) is 35.6 Å². The minimum atomic E-state index is -0.105. The van der Waals surface area contributed by atoms with Crippen molar-refractivity contribution in [3.05, 3.63) is 39.6 Å². The normalized spacial score (nSPS) is 17.6. The van der Waals surface area contributed by atoms with Crippen molar-refractivity contribution in [2.24, 2.45) is 7.05 Å². The minimum absolute atomic E-state index is 0.0570. The van der Waals surface area contributed by atoms with Gasteiger partial charge in [0.05, 0.1) is 23.8 Å². The molecule has 1 saturated heterocycles. The molecule has 1 fully saturated rings. The monoisotopic (exact) mass is 360 g/mol. The molecule has 2 amide bonds. The zero-order valence-electron chi connectivity index (χ0n) is 14.9. The van der Waals surface area contributed by atoms with Crippen molar-refractivity contribution in [3.8, 4) is 0 Å². The maximum absolute atomic E-state index is 12.6. The molecule has 0 spiro atoms. The fourth-order valence-electron chi connectivity index (χ4n) is 3.45. The molecule has 0 aliphatic carbocycles. The van der Waals surface area contributed by atoms with E-state index in [9.17, 15) is 9.59 Å². The highest BCUT2D eigenvalue weighted by Crippen LogP contribution is 2.31. The molecule has 2 aromatic heterocycles. The second-order valence-corrected chi connectivity index (χ2v) is 7.41. The number of hydrogen-bond acceptors (Lipinski definition) is 4. The van der Waals surface area contributed by atoms with Crippen LogP contribution < -0.4 is 5.32 Å². The van der Waals surface area contributed by atoms with Crippen LogP contribution in [-0.4, -0.2) is 32.8 Å². The number of carbonyl (C=O) groups is 2. The van der Waals surface area contributed by atoms with E-state index >= 15 is 0 Å². The molecule has 6 nitrogen and oxygen atoms in total. The Balaban J connectivity index is 1.75. The Morgan fingerprint density at radius 3 is 2.84 bits per heavy atom. The second kappa shape index (κ2) is 7.39. The maximum Gasteiger partial charge on any atom is 0.268 e. The third-order valence-electron chi connectivity index (χ3n) is 4.90. The lowest BCUT2D eigenvalue weighted by molar-refractivity contribution is -0.132.